The molecular weight excluding hydrogens is 367 g/mol. The Hall–Kier alpha value is -0.790. The van der Waals surface area contributed by atoms with E-state index in [-0.39, 0.29) is 41.8 Å². The Bertz CT molecular complexity index is 344. The third-order valence-electron chi connectivity index (χ3n) is 3.06. The van der Waals surface area contributed by atoms with E-state index in [1.54, 1.807) is 6.08 Å². The molecule has 1 unspecified atom stereocenters. The van der Waals surface area contributed by atoms with Crippen LogP contribution in [0, 0.1) is 5.92 Å². The Morgan fingerprint density at radius 1 is 1.55 bits per heavy atom. The Morgan fingerprint density at radius 2 is 2.25 bits per heavy atom. The molecule has 1 atom stereocenters. The van der Waals surface area contributed by atoms with Gasteiger partial charge in [-0.15, -0.1) is 30.6 Å². The maximum atomic E-state index is 11.9. The van der Waals surface area contributed by atoms with Gasteiger partial charge >= 0.3 is 0 Å². The number of aliphatic imine (C=N–C) groups is 1. The zero-order valence-electron chi connectivity index (χ0n) is 12.7. The average molecular weight is 394 g/mol. The fraction of sp³-hybridized carbons (Fsp3) is 0.714. The number of carbonyl (C=O) groups is 1. The van der Waals surface area contributed by atoms with Crippen molar-refractivity contribution in [1.82, 2.24) is 15.5 Å². The summed E-state index contributed by atoms with van der Waals surface area (Å²) in [4.78, 5) is 18.2. The van der Waals surface area contributed by atoms with E-state index in [0.717, 1.165) is 32.0 Å². The van der Waals surface area contributed by atoms with Gasteiger partial charge in [-0.3, -0.25) is 4.79 Å². The monoisotopic (exact) mass is 394 g/mol. The summed E-state index contributed by atoms with van der Waals surface area (Å²) in [6, 6.07) is 0.283. The van der Waals surface area contributed by atoms with E-state index in [0.29, 0.717) is 6.54 Å². The highest BCUT2D eigenvalue weighted by Gasteiger charge is 2.27. The van der Waals surface area contributed by atoms with E-state index in [9.17, 15) is 4.79 Å². The first-order chi connectivity index (χ1) is 9.08. The largest absolute Gasteiger partial charge is 0.357 e. The summed E-state index contributed by atoms with van der Waals surface area (Å²) in [6.07, 6.45) is 2.74. The van der Waals surface area contributed by atoms with Crippen LogP contribution in [-0.4, -0.2) is 49.0 Å². The number of guanidine groups is 1. The van der Waals surface area contributed by atoms with Crippen LogP contribution in [0.1, 0.15) is 27.2 Å². The lowest BCUT2D eigenvalue weighted by atomic mass is 10.2. The SMILES string of the molecule is C=CCN=C(NCC)NC1CCN(C(=O)C(C)C)C1.I. The number of nitrogens with zero attached hydrogens (tertiary/aromatic N) is 2. The van der Waals surface area contributed by atoms with Gasteiger partial charge in [-0.05, 0) is 13.3 Å². The van der Waals surface area contributed by atoms with Crippen LogP contribution in [0.15, 0.2) is 17.6 Å². The van der Waals surface area contributed by atoms with Gasteiger partial charge in [0, 0.05) is 31.6 Å². The fourth-order valence-corrected chi connectivity index (χ4v) is 2.11. The number of nitrogens with one attached hydrogen (secondary N) is 2. The van der Waals surface area contributed by atoms with E-state index >= 15 is 0 Å². The van der Waals surface area contributed by atoms with Crippen LogP contribution in [-0.2, 0) is 4.79 Å². The smallest absolute Gasteiger partial charge is 0.225 e. The van der Waals surface area contributed by atoms with Crippen molar-refractivity contribution in [2.75, 3.05) is 26.2 Å². The molecule has 1 amide bonds. The van der Waals surface area contributed by atoms with E-state index in [1.807, 2.05) is 25.7 Å². The number of amides is 1. The van der Waals surface area contributed by atoms with Crippen molar-refractivity contribution < 1.29 is 4.79 Å². The van der Waals surface area contributed by atoms with Gasteiger partial charge in [0.15, 0.2) is 5.96 Å². The number of hydrogen-bond donors (Lipinski definition) is 2. The summed E-state index contributed by atoms with van der Waals surface area (Å²) in [5.74, 6) is 1.10. The lowest BCUT2D eigenvalue weighted by Crippen LogP contribution is -2.45. The molecule has 0 radical (unpaired) electrons. The molecule has 0 aromatic rings. The van der Waals surface area contributed by atoms with E-state index in [1.165, 1.54) is 0 Å². The second-order valence-electron chi connectivity index (χ2n) is 5.08. The Labute approximate surface area is 139 Å². The quantitative estimate of drug-likeness (QED) is 0.322. The van der Waals surface area contributed by atoms with E-state index in [4.69, 9.17) is 0 Å². The third kappa shape index (κ3) is 6.11. The minimum absolute atomic E-state index is 0. The standard InChI is InChI=1S/C14H26N4O.HI/c1-5-8-16-14(15-6-2)17-12-7-9-18(10-12)13(19)11(3)4;/h5,11-12H,1,6-10H2,2-4H3,(H2,15,16,17);1H. The molecule has 0 aromatic heterocycles. The average Bonchev–Trinajstić information content (AvgIpc) is 2.83. The van der Waals surface area contributed by atoms with Crippen molar-refractivity contribution in [3.05, 3.63) is 12.7 Å². The molecule has 0 saturated carbocycles. The van der Waals surface area contributed by atoms with Crippen molar-refractivity contribution in [3.8, 4) is 0 Å². The summed E-state index contributed by atoms with van der Waals surface area (Å²) in [6.45, 7) is 12.6. The van der Waals surface area contributed by atoms with Crippen LogP contribution in [0.25, 0.3) is 0 Å². The molecule has 1 aliphatic heterocycles. The first-order valence-corrected chi connectivity index (χ1v) is 7.03. The molecule has 116 valence electrons. The van der Waals surface area contributed by atoms with Crippen LogP contribution >= 0.6 is 24.0 Å². The highest BCUT2D eigenvalue weighted by molar-refractivity contribution is 14.0. The fourth-order valence-electron chi connectivity index (χ4n) is 2.11. The van der Waals surface area contributed by atoms with Crippen LogP contribution in [0.4, 0.5) is 0 Å². The second kappa shape index (κ2) is 10.0. The zero-order chi connectivity index (χ0) is 14.3. The van der Waals surface area contributed by atoms with Gasteiger partial charge in [0.2, 0.25) is 5.91 Å². The summed E-state index contributed by atoms with van der Waals surface area (Å²) in [7, 11) is 0. The maximum Gasteiger partial charge on any atom is 0.225 e. The number of rotatable bonds is 5. The molecule has 0 spiro atoms. The van der Waals surface area contributed by atoms with E-state index < -0.39 is 0 Å². The van der Waals surface area contributed by atoms with Crippen molar-refractivity contribution in [2.24, 2.45) is 10.9 Å². The van der Waals surface area contributed by atoms with Gasteiger partial charge in [-0.2, -0.15) is 0 Å². The van der Waals surface area contributed by atoms with Gasteiger partial charge in [0.25, 0.3) is 0 Å². The lowest BCUT2D eigenvalue weighted by Gasteiger charge is -2.20. The molecular formula is C14H27IN4O. The van der Waals surface area contributed by atoms with Crippen molar-refractivity contribution >= 4 is 35.8 Å². The van der Waals surface area contributed by atoms with Gasteiger partial charge in [-0.1, -0.05) is 19.9 Å². The Morgan fingerprint density at radius 3 is 2.80 bits per heavy atom. The number of halogens is 1. The molecule has 1 heterocycles. The van der Waals surface area contributed by atoms with Gasteiger partial charge < -0.3 is 15.5 Å². The molecule has 5 nitrogen and oxygen atoms in total. The van der Waals surface area contributed by atoms with Crippen LogP contribution < -0.4 is 10.6 Å². The van der Waals surface area contributed by atoms with Gasteiger partial charge in [0.05, 0.1) is 6.54 Å². The number of likely N-dealkylation sites (tertiary alicyclic amines) is 1. The Balaban J connectivity index is 0.00000361. The summed E-state index contributed by atoms with van der Waals surface area (Å²) in [5, 5.41) is 6.57. The Kier molecular flexibility index (Phi) is 9.62. The summed E-state index contributed by atoms with van der Waals surface area (Å²) >= 11 is 0. The summed E-state index contributed by atoms with van der Waals surface area (Å²) in [5.41, 5.74) is 0. The molecule has 0 aliphatic carbocycles. The third-order valence-corrected chi connectivity index (χ3v) is 3.06. The minimum Gasteiger partial charge on any atom is -0.357 e. The van der Waals surface area contributed by atoms with Crippen molar-refractivity contribution in [2.45, 2.75) is 33.2 Å². The van der Waals surface area contributed by atoms with E-state index in [2.05, 4.69) is 22.2 Å². The highest BCUT2D eigenvalue weighted by atomic mass is 127. The van der Waals surface area contributed by atoms with Crippen molar-refractivity contribution in [3.63, 3.8) is 0 Å². The van der Waals surface area contributed by atoms with Crippen LogP contribution in [0.5, 0.6) is 0 Å². The summed E-state index contributed by atoms with van der Waals surface area (Å²) < 4.78 is 0. The highest BCUT2D eigenvalue weighted by Crippen LogP contribution is 2.12. The molecule has 1 saturated heterocycles. The number of carbonyl (C=O) groups excluding carboxylic acids is 1. The number of hydrogen-bond acceptors (Lipinski definition) is 2. The second-order valence-corrected chi connectivity index (χ2v) is 5.08. The normalized spacial score (nSPS) is 18.7. The molecule has 0 aromatic carbocycles. The topological polar surface area (TPSA) is 56.7 Å². The first kappa shape index (κ1) is 19.2. The molecule has 2 N–H and O–H groups in total. The molecule has 1 aliphatic rings. The first-order valence-electron chi connectivity index (χ1n) is 7.03. The minimum atomic E-state index is 0. The van der Waals surface area contributed by atoms with Gasteiger partial charge in [-0.25, -0.2) is 4.99 Å². The molecule has 6 heteroatoms. The zero-order valence-corrected chi connectivity index (χ0v) is 15.0. The predicted molar refractivity (Wildman–Crippen MR) is 94.5 cm³/mol. The predicted octanol–water partition coefficient (Wildman–Crippen LogP) is 1.60. The van der Waals surface area contributed by atoms with Crippen molar-refractivity contribution in [1.29, 1.82) is 0 Å². The molecule has 1 fully saturated rings. The maximum absolute atomic E-state index is 11.9. The lowest BCUT2D eigenvalue weighted by molar-refractivity contribution is -0.133. The van der Waals surface area contributed by atoms with Gasteiger partial charge in [0.1, 0.15) is 0 Å². The molecule has 0 bridgehead atoms. The molecule has 20 heavy (non-hydrogen) atoms. The molecule has 1 rings (SSSR count). The van der Waals surface area contributed by atoms with Crippen LogP contribution in [0.3, 0.4) is 0 Å². The van der Waals surface area contributed by atoms with Crippen LogP contribution in [0.2, 0.25) is 0 Å².